The van der Waals surface area contributed by atoms with Crippen LogP contribution in [-0.4, -0.2) is 54.8 Å². The third-order valence-electron chi connectivity index (χ3n) is 5.31. The number of fused-ring (bicyclic) bond motifs is 1. The molecule has 0 unspecified atom stereocenters. The van der Waals surface area contributed by atoms with E-state index in [4.69, 9.17) is 0 Å². The molecule has 2 aromatic rings. The fourth-order valence-corrected chi connectivity index (χ4v) is 3.69. The molecule has 0 bridgehead atoms. The summed E-state index contributed by atoms with van der Waals surface area (Å²) in [6.45, 7) is 1.82. The lowest BCUT2D eigenvalue weighted by atomic mass is 9.98. The SMILES string of the molecule is O=C1CN(C(=O)c2ccc(CNC(=O)Nc3cccc4c3CCNC4=O)cc2)CCN1. The number of urea groups is 1. The number of rotatable bonds is 4. The first kappa shape index (κ1) is 20.4. The van der Waals surface area contributed by atoms with Gasteiger partial charge in [0, 0.05) is 43.0 Å². The van der Waals surface area contributed by atoms with Gasteiger partial charge in [-0.15, -0.1) is 0 Å². The lowest BCUT2D eigenvalue weighted by Crippen LogP contribution is -2.49. The molecule has 2 heterocycles. The first-order valence-electron chi connectivity index (χ1n) is 10.1. The molecule has 0 aromatic heterocycles. The van der Waals surface area contributed by atoms with Crippen LogP contribution in [-0.2, 0) is 17.8 Å². The van der Waals surface area contributed by atoms with Crippen LogP contribution in [0.15, 0.2) is 42.5 Å². The van der Waals surface area contributed by atoms with Crippen molar-refractivity contribution in [2.24, 2.45) is 0 Å². The molecule has 0 saturated carbocycles. The van der Waals surface area contributed by atoms with E-state index in [1.165, 1.54) is 4.90 Å². The zero-order chi connectivity index (χ0) is 21.8. The molecule has 2 aliphatic rings. The zero-order valence-electron chi connectivity index (χ0n) is 16.9. The van der Waals surface area contributed by atoms with Crippen molar-refractivity contribution >= 4 is 29.4 Å². The van der Waals surface area contributed by atoms with E-state index in [2.05, 4.69) is 21.3 Å². The number of carbonyl (C=O) groups excluding carboxylic acids is 4. The van der Waals surface area contributed by atoms with Gasteiger partial charge in [-0.3, -0.25) is 14.4 Å². The Hall–Kier alpha value is -3.88. The third kappa shape index (κ3) is 4.66. The maximum absolute atomic E-state index is 12.5. The molecule has 1 saturated heterocycles. The highest BCUT2D eigenvalue weighted by Crippen LogP contribution is 2.23. The minimum absolute atomic E-state index is 0.0627. The maximum Gasteiger partial charge on any atom is 0.319 e. The lowest BCUT2D eigenvalue weighted by Gasteiger charge is -2.26. The van der Waals surface area contributed by atoms with E-state index in [0.717, 1.165) is 11.1 Å². The van der Waals surface area contributed by atoms with Crippen LogP contribution >= 0.6 is 0 Å². The smallest absolute Gasteiger partial charge is 0.319 e. The Morgan fingerprint density at radius 2 is 1.81 bits per heavy atom. The van der Waals surface area contributed by atoms with Crippen LogP contribution in [0, 0.1) is 0 Å². The standard InChI is InChI=1S/C22H23N5O4/c28-19-13-27(11-10-23-19)21(30)15-6-4-14(5-7-15)12-25-22(31)26-18-3-1-2-17-16(18)8-9-24-20(17)29/h1-7H,8-13H2,(H,23,28)(H,24,29)(H2,25,26,31). The van der Waals surface area contributed by atoms with Crippen molar-refractivity contribution < 1.29 is 19.2 Å². The summed E-state index contributed by atoms with van der Waals surface area (Å²) in [6, 6.07) is 11.8. The summed E-state index contributed by atoms with van der Waals surface area (Å²) in [5.74, 6) is -0.484. The maximum atomic E-state index is 12.5. The summed E-state index contributed by atoms with van der Waals surface area (Å²) in [5.41, 5.74) is 3.36. The number of hydrogen-bond donors (Lipinski definition) is 4. The summed E-state index contributed by atoms with van der Waals surface area (Å²) >= 11 is 0. The summed E-state index contributed by atoms with van der Waals surface area (Å²) in [4.78, 5) is 49.8. The Labute approximate surface area is 179 Å². The molecular formula is C22H23N5O4. The van der Waals surface area contributed by atoms with Crippen molar-refractivity contribution in [2.45, 2.75) is 13.0 Å². The van der Waals surface area contributed by atoms with E-state index < -0.39 is 0 Å². The number of piperazine rings is 1. The second-order valence-corrected chi connectivity index (χ2v) is 7.42. The minimum atomic E-state index is -0.376. The molecule has 31 heavy (non-hydrogen) atoms. The third-order valence-corrected chi connectivity index (χ3v) is 5.31. The van der Waals surface area contributed by atoms with Crippen molar-refractivity contribution in [3.63, 3.8) is 0 Å². The molecule has 4 N–H and O–H groups in total. The first-order chi connectivity index (χ1) is 15.0. The zero-order valence-corrected chi connectivity index (χ0v) is 16.9. The largest absolute Gasteiger partial charge is 0.353 e. The average Bonchev–Trinajstić information content (AvgIpc) is 2.78. The molecule has 0 atom stereocenters. The van der Waals surface area contributed by atoms with Gasteiger partial charge in [-0.2, -0.15) is 0 Å². The molecule has 2 aromatic carbocycles. The Kier molecular flexibility index (Phi) is 5.83. The molecule has 4 rings (SSSR count). The fourth-order valence-electron chi connectivity index (χ4n) is 3.69. The molecule has 0 spiro atoms. The van der Waals surface area contributed by atoms with Gasteiger partial charge in [0.1, 0.15) is 0 Å². The van der Waals surface area contributed by atoms with Gasteiger partial charge in [0.05, 0.1) is 6.54 Å². The average molecular weight is 421 g/mol. The van der Waals surface area contributed by atoms with Crippen LogP contribution < -0.4 is 21.3 Å². The fraction of sp³-hybridized carbons (Fsp3) is 0.273. The number of carbonyl (C=O) groups is 4. The van der Waals surface area contributed by atoms with Crippen molar-refractivity contribution in [3.05, 3.63) is 64.7 Å². The van der Waals surface area contributed by atoms with Gasteiger partial charge in [-0.25, -0.2) is 4.79 Å². The van der Waals surface area contributed by atoms with E-state index in [0.29, 0.717) is 42.9 Å². The second kappa shape index (κ2) is 8.86. The van der Waals surface area contributed by atoms with E-state index >= 15 is 0 Å². The van der Waals surface area contributed by atoms with E-state index in [9.17, 15) is 19.2 Å². The van der Waals surface area contributed by atoms with Crippen molar-refractivity contribution in [3.8, 4) is 0 Å². The quantitative estimate of drug-likeness (QED) is 0.585. The molecule has 5 amide bonds. The van der Waals surface area contributed by atoms with Crippen LogP contribution in [0.25, 0.3) is 0 Å². The predicted octanol–water partition coefficient (Wildman–Crippen LogP) is 0.866. The second-order valence-electron chi connectivity index (χ2n) is 7.42. The van der Waals surface area contributed by atoms with Gasteiger partial charge in [0.25, 0.3) is 11.8 Å². The molecule has 0 radical (unpaired) electrons. The first-order valence-corrected chi connectivity index (χ1v) is 10.1. The van der Waals surface area contributed by atoms with Crippen LogP contribution in [0.1, 0.15) is 31.8 Å². The number of amides is 5. The van der Waals surface area contributed by atoms with Gasteiger partial charge in [-0.1, -0.05) is 18.2 Å². The molecule has 9 nitrogen and oxygen atoms in total. The number of nitrogens with zero attached hydrogens (tertiary/aromatic N) is 1. The van der Waals surface area contributed by atoms with Gasteiger partial charge in [0.15, 0.2) is 0 Å². The van der Waals surface area contributed by atoms with Crippen LogP contribution in [0.4, 0.5) is 10.5 Å². The highest BCUT2D eigenvalue weighted by Gasteiger charge is 2.22. The lowest BCUT2D eigenvalue weighted by molar-refractivity contribution is -0.123. The Balaban J connectivity index is 1.33. The summed E-state index contributed by atoms with van der Waals surface area (Å²) in [6.07, 6.45) is 0.658. The predicted molar refractivity (Wildman–Crippen MR) is 114 cm³/mol. The number of hydrogen-bond acceptors (Lipinski definition) is 4. The topological polar surface area (TPSA) is 120 Å². The van der Waals surface area contributed by atoms with Gasteiger partial charge >= 0.3 is 6.03 Å². The Bertz CT molecular complexity index is 1030. The molecule has 0 aliphatic carbocycles. The molecule has 1 fully saturated rings. The van der Waals surface area contributed by atoms with Gasteiger partial charge < -0.3 is 26.2 Å². The number of nitrogens with one attached hydrogen (secondary N) is 4. The van der Waals surface area contributed by atoms with Crippen LogP contribution in [0.5, 0.6) is 0 Å². The highest BCUT2D eigenvalue weighted by atomic mass is 16.2. The van der Waals surface area contributed by atoms with Crippen LogP contribution in [0.2, 0.25) is 0 Å². The van der Waals surface area contributed by atoms with Crippen molar-refractivity contribution in [1.82, 2.24) is 20.9 Å². The molecule has 160 valence electrons. The van der Waals surface area contributed by atoms with E-state index in [1.807, 2.05) is 0 Å². The summed E-state index contributed by atoms with van der Waals surface area (Å²) in [7, 11) is 0. The summed E-state index contributed by atoms with van der Waals surface area (Å²) < 4.78 is 0. The minimum Gasteiger partial charge on any atom is -0.353 e. The Morgan fingerprint density at radius 1 is 1.00 bits per heavy atom. The van der Waals surface area contributed by atoms with Crippen molar-refractivity contribution in [2.75, 3.05) is 31.5 Å². The normalized spacial score (nSPS) is 15.4. The van der Waals surface area contributed by atoms with E-state index in [1.54, 1.807) is 42.5 Å². The van der Waals surface area contributed by atoms with Crippen molar-refractivity contribution in [1.29, 1.82) is 0 Å². The Morgan fingerprint density at radius 3 is 2.58 bits per heavy atom. The highest BCUT2D eigenvalue weighted by molar-refractivity contribution is 6.00. The van der Waals surface area contributed by atoms with Crippen LogP contribution in [0.3, 0.4) is 0 Å². The summed E-state index contributed by atoms with van der Waals surface area (Å²) in [5, 5.41) is 11.1. The number of anilines is 1. The molecule has 9 heteroatoms. The van der Waals surface area contributed by atoms with Gasteiger partial charge in [0.2, 0.25) is 5.91 Å². The van der Waals surface area contributed by atoms with E-state index in [-0.39, 0.29) is 36.8 Å². The molecule has 2 aliphatic heterocycles. The number of benzene rings is 2. The molecular weight excluding hydrogens is 398 g/mol. The monoisotopic (exact) mass is 421 g/mol. The van der Waals surface area contributed by atoms with Gasteiger partial charge in [-0.05, 0) is 41.8 Å².